The van der Waals surface area contributed by atoms with E-state index in [2.05, 4.69) is 42.3 Å². The summed E-state index contributed by atoms with van der Waals surface area (Å²) in [6.07, 6.45) is 1.48. The van der Waals surface area contributed by atoms with Crippen molar-refractivity contribution in [1.82, 2.24) is 9.78 Å². The van der Waals surface area contributed by atoms with Crippen molar-refractivity contribution in [1.29, 1.82) is 0 Å². The molecule has 7 heteroatoms. The molecule has 3 N–H and O–H groups in total. The molecular weight excluding hydrogens is 388 g/mol. The summed E-state index contributed by atoms with van der Waals surface area (Å²) in [7, 11) is 0. The highest BCUT2D eigenvalue weighted by Crippen LogP contribution is 2.32. The van der Waals surface area contributed by atoms with Gasteiger partial charge >= 0.3 is 0 Å². The van der Waals surface area contributed by atoms with Gasteiger partial charge < -0.3 is 11.1 Å². The number of carbonyl (C=O) groups is 1. The molecule has 0 fully saturated rings. The molecule has 0 radical (unpaired) electrons. The Bertz CT molecular complexity index is 643. The maximum atomic E-state index is 12.4. The largest absolute Gasteiger partial charge is 0.396 e. The molecule has 0 saturated carbocycles. The zero-order chi connectivity index (χ0) is 14.9. The lowest BCUT2D eigenvalue weighted by molar-refractivity contribution is 0.101. The van der Waals surface area contributed by atoms with Crippen LogP contribution in [0.4, 0.5) is 11.4 Å². The van der Waals surface area contributed by atoms with Gasteiger partial charge in [0.15, 0.2) is 0 Å². The monoisotopic (exact) mass is 400 g/mol. The second-order valence-corrected chi connectivity index (χ2v) is 6.03. The summed E-state index contributed by atoms with van der Waals surface area (Å²) in [5.74, 6) is -0.285. The summed E-state index contributed by atoms with van der Waals surface area (Å²) < 4.78 is 3.18. The average Bonchev–Trinajstić information content (AvgIpc) is 2.74. The minimum Gasteiger partial charge on any atom is -0.396 e. The van der Waals surface area contributed by atoms with Crippen LogP contribution < -0.4 is 11.1 Å². The summed E-state index contributed by atoms with van der Waals surface area (Å²) >= 11 is 6.89. The summed E-state index contributed by atoms with van der Waals surface area (Å²) in [6, 6.07) is 3.86. The van der Waals surface area contributed by atoms with Gasteiger partial charge in [-0.1, -0.05) is 0 Å². The number of nitrogen functional groups attached to an aromatic ring is 1. The average molecular weight is 402 g/mol. The number of nitrogens with one attached hydrogen (secondary N) is 1. The van der Waals surface area contributed by atoms with Crippen molar-refractivity contribution in [3.8, 4) is 0 Å². The number of amides is 1. The number of hydrogen-bond acceptors (Lipinski definition) is 3. The van der Waals surface area contributed by atoms with Crippen molar-refractivity contribution >= 4 is 49.1 Å². The number of aromatic nitrogens is 2. The zero-order valence-electron chi connectivity index (χ0n) is 11.1. The van der Waals surface area contributed by atoms with E-state index in [1.807, 2.05) is 26.0 Å². The highest BCUT2D eigenvalue weighted by Gasteiger charge is 2.18. The zero-order valence-corrected chi connectivity index (χ0v) is 14.2. The number of carbonyl (C=O) groups excluding carboxylic acids is 1. The van der Waals surface area contributed by atoms with Gasteiger partial charge in [0.05, 0.1) is 17.6 Å². The third-order valence-electron chi connectivity index (χ3n) is 2.81. The van der Waals surface area contributed by atoms with Gasteiger partial charge in [0.2, 0.25) is 0 Å². The van der Waals surface area contributed by atoms with Crippen LogP contribution in [-0.2, 0) is 6.54 Å². The standard InChI is InChI=1S/C13H14Br2N4O/c1-3-19-12(10(16)6-17-19)13(20)18-11-8(14)4-7(2)5-9(11)15/h4-6H,3,16H2,1-2H3,(H,18,20). The van der Waals surface area contributed by atoms with E-state index in [-0.39, 0.29) is 5.91 Å². The van der Waals surface area contributed by atoms with Gasteiger partial charge in [0.25, 0.3) is 5.91 Å². The lowest BCUT2D eigenvalue weighted by Gasteiger charge is -2.12. The number of nitrogens with two attached hydrogens (primary N) is 1. The van der Waals surface area contributed by atoms with Crippen molar-refractivity contribution in [2.24, 2.45) is 0 Å². The maximum Gasteiger partial charge on any atom is 0.276 e. The Morgan fingerprint density at radius 2 is 2.00 bits per heavy atom. The number of halogens is 2. The maximum absolute atomic E-state index is 12.4. The number of hydrogen-bond donors (Lipinski definition) is 2. The van der Waals surface area contributed by atoms with Crippen molar-refractivity contribution in [3.63, 3.8) is 0 Å². The first-order valence-electron chi connectivity index (χ1n) is 6.02. The predicted octanol–water partition coefficient (Wildman–Crippen LogP) is 3.57. The first-order chi connectivity index (χ1) is 9.43. The van der Waals surface area contributed by atoms with E-state index in [1.165, 1.54) is 6.20 Å². The van der Waals surface area contributed by atoms with Gasteiger partial charge in [0.1, 0.15) is 5.69 Å². The second kappa shape index (κ2) is 5.97. The van der Waals surface area contributed by atoms with E-state index in [0.29, 0.717) is 23.6 Å². The molecule has 0 aliphatic carbocycles. The van der Waals surface area contributed by atoms with Crippen molar-refractivity contribution in [2.75, 3.05) is 11.1 Å². The molecule has 0 atom stereocenters. The molecule has 1 aromatic heterocycles. The van der Waals surface area contributed by atoms with Gasteiger partial charge in [-0.15, -0.1) is 0 Å². The van der Waals surface area contributed by atoms with Gasteiger partial charge in [-0.05, 0) is 63.4 Å². The number of nitrogens with zero attached hydrogens (tertiary/aromatic N) is 2. The minimum atomic E-state index is -0.285. The molecule has 2 aromatic rings. The van der Waals surface area contributed by atoms with E-state index < -0.39 is 0 Å². The van der Waals surface area contributed by atoms with E-state index in [4.69, 9.17) is 5.73 Å². The first-order valence-corrected chi connectivity index (χ1v) is 7.61. The Morgan fingerprint density at radius 1 is 1.40 bits per heavy atom. The fourth-order valence-corrected chi connectivity index (χ4v) is 3.49. The molecule has 106 valence electrons. The van der Waals surface area contributed by atoms with Gasteiger partial charge in [-0.25, -0.2) is 0 Å². The lowest BCUT2D eigenvalue weighted by Crippen LogP contribution is -2.19. The van der Waals surface area contributed by atoms with Crippen LogP contribution in [-0.4, -0.2) is 15.7 Å². The molecule has 0 aliphatic rings. The van der Waals surface area contributed by atoms with Crippen LogP contribution in [0.15, 0.2) is 27.3 Å². The van der Waals surface area contributed by atoms with Crippen LogP contribution in [0.5, 0.6) is 0 Å². The number of rotatable bonds is 3. The van der Waals surface area contributed by atoms with Crippen molar-refractivity contribution in [2.45, 2.75) is 20.4 Å². The fraction of sp³-hybridized carbons (Fsp3) is 0.231. The molecule has 0 bridgehead atoms. The van der Waals surface area contributed by atoms with Crippen LogP contribution in [0.2, 0.25) is 0 Å². The fourth-order valence-electron chi connectivity index (χ4n) is 1.88. The Labute approximate surface area is 133 Å². The highest BCUT2D eigenvalue weighted by atomic mass is 79.9. The number of anilines is 2. The molecule has 0 unspecified atom stereocenters. The topological polar surface area (TPSA) is 72.9 Å². The Kier molecular flexibility index (Phi) is 4.49. The summed E-state index contributed by atoms with van der Waals surface area (Å²) in [5.41, 5.74) is 8.29. The smallest absolute Gasteiger partial charge is 0.276 e. The van der Waals surface area contributed by atoms with Gasteiger partial charge in [-0.2, -0.15) is 5.10 Å². The van der Waals surface area contributed by atoms with E-state index in [1.54, 1.807) is 4.68 Å². The number of benzene rings is 1. The van der Waals surface area contributed by atoms with Gasteiger partial charge in [-0.3, -0.25) is 9.48 Å². The van der Waals surface area contributed by atoms with Crippen molar-refractivity contribution in [3.05, 3.63) is 38.5 Å². The Morgan fingerprint density at radius 3 is 2.55 bits per heavy atom. The van der Waals surface area contributed by atoms with Crippen LogP contribution in [0.25, 0.3) is 0 Å². The van der Waals surface area contributed by atoms with Crippen LogP contribution in [0.1, 0.15) is 23.0 Å². The lowest BCUT2D eigenvalue weighted by atomic mass is 10.2. The van der Waals surface area contributed by atoms with Crippen LogP contribution in [0, 0.1) is 6.92 Å². The van der Waals surface area contributed by atoms with E-state index in [9.17, 15) is 4.79 Å². The third kappa shape index (κ3) is 2.88. The summed E-state index contributed by atoms with van der Waals surface area (Å²) in [6.45, 7) is 4.46. The molecule has 1 amide bonds. The van der Waals surface area contributed by atoms with E-state index in [0.717, 1.165) is 14.5 Å². The van der Waals surface area contributed by atoms with Crippen molar-refractivity contribution < 1.29 is 4.79 Å². The molecule has 1 heterocycles. The molecule has 0 aliphatic heterocycles. The molecule has 1 aromatic carbocycles. The van der Waals surface area contributed by atoms with Gasteiger partial charge in [0, 0.05) is 15.5 Å². The Balaban J connectivity index is 2.35. The quantitative estimate of drug-likeness (QED) is 0.825. The predicted molar refractivity (Wildman–Crippen MR) is 86.8 cm³/mol. The van der Waals surface area contributed by atoms with Crippen LogP contribution >= 0.6 is 31.9 Å². The molecular formula is C13H14Br2N4O. The second-order valence-electron chi connectivity index (χ2n) is 4.32. The molecule has 2 rings (SSSR count). The first kappa shape index (κ1) is 15.1. The SMILES string of the molecule is CCn1ncc(N)c1C(=O)Nc1c(Br)cc(C)cc1Br. The summed E-state index contributed by atoms with van der Waals surface area (Å²) in [5, 5.41) is 6.91. The highest BCUT2D eigenvalue weighted by molar-refractivity contribution is 9.11. The number of aryl methyl sites for hydroxylation is 2. The molecule has 0 saturated heterocycles. The summed E-state index contributed by atoms with van der Waals surface area (Å²) in [4.78, 5) is 12.4. The minimum absolute atomic E-state index is 0.285. The third-order valence-corrected chi connectivity index (χ3v) is 4.06. The van der Waals surface area contributed by atoms with Crippen LogP contribution in [0.3, 0.4) is 0 Å². The molecule has 20 heavy (non-hydrogen) atoms. The van der Waals surface area contributed by atoms with E-state index >= 15 is 0 Å². The Hall–Kier alpha value is -1.34. The molecule has 5 nitrogen and oxygen atoms in total. The molecule has 0 spiro atoms. The normalized spacial score (nSPS) is 10.6.